The first-order valence-corrected chi connectivity index (χ1v) is 26.0. The maximum atomic E-state index is 12.8. The average Bonchev–Trinajstić information content (AvgIpc) is 3.29. The molecule has 4 unspecified atom stereocenters. The Bertz CT molecular complexity index is 1490. The summed E-state index contributed by atoms with van der Waals surface area (Å²) in [4.78, 5) is 35.8. The number of aliphatic hydroxyl groups is 6. The Morgan fingerprint density at radius 1 is 0.561 bits per heavy atom. The molecule has 1 rings (SSSR count). The first kappa shape index (κ1) is 61.0. The first-order valence-electron chi connectivity index (χ1n) is 24.5. The molecule has 14 nitrogen and oxygen atoms in total. The molecule has 0 aromatic heterocycles. The number of hydrogen-bond donors (Lipinski definition) is 7. The molecule has 0 amide bonds. The molecule has 0 aliphatic heterocycles. The summed E-state index contributed by atoms with van der Waals surface area (Å²) in [5.74, 6) is -1.32. The molecule has 66 heavy (non-hydrogen) atoms. The van der Waals surface area contributed by atoms with E-state index in [-0.39, 0.29) is 19.3 Å². The van der Waals surface area contributed by atoms with Crippen LogP contribution in [0.5, 0.6) is 0 Å². The van der Waals surface area contributed by atoms with Crippen molar-refractivity contribution in [1.82, 2.24) is 0 Å². The third-order valence-corrected chi connectivity index (χ3v) is 11.8. The Hall–Kier alpha value is -3.01. The van der Waals surface area contributed by atoms with E-state index in [1.165, 1.54) is 38.5 Å². The highest BCUT2D eigenvalue weighted by Gasteiger charge is 2.51. The van der Waals surface area contributed by atoms with Crippen LogP contribution in [0.2, 0.25) is 0 Å². The second-order valence-corrected chi connectivity index (χ2v) is 18.2. The van der Waals surface area contributed by atoms with E-state index < -0.39 is 81.8 Å². The Balaban J connectivity index is 2.53. The molecule has 0 radical (unpaired) electrons. The summed E-state index contributed by atoms with van der Waals surface area (Å²) >= 11 is 0. The van der Waals surface area contributed by atoms with Crippen molar-refractivity contribution in [3.63, 3.8) is 0 Å². The number of phosphoric ester groups is 1. The van der Waals surface area contributed by atoms with E-state index >= 15 is 0 Å². The van der Waals surface area contributed by atoms with E-state index in [2.05, 4.69) is 74.6 Å². The minimum Gasteiger partial charge on any atom is -0.462 e. The van der Waals surface area contributed by atoms with Gasteiger partial charge in [0.25, 0.3) is 0 Å². The predicted molar refractivity (Wildman–Crippen MR) is 259 cm³/mol. The quantitative estimate of drug-likeness (QED) is 0.0100. The molecule has 1 aliphatic carbocycles. The summed E-state index contributed by atoms with van der Waals surface area (Å²) in [5, 5.41) is 60.5. The largest absolute Gasteiger partial charge is 0.472 e. The van der Waals surface area contributed by atoms with E-state index in [0.29, 0.717) is 12.8 Å². The van der Waals surface area contributed by atoms with E-state index in [1.54, 1.807) is 12.2 Å². The topological polar surface area (TPSA) is 230 Å². The number of rotatable bonds is 39. The molecule has 7 N–H and O–H groups in total. The fraction of sp³-hybridized carbons (Fsp3) is 0.686. The summed E-state index contributed by atoms with van der Waals surface area (Å²) in [6.07, 6.45) is 35.0. The lowest BCUT2D eigenvalue weighted by Gasteiger charge is -2.41. The lowest BCUT2D eigenvalue weighted by molar-refractivity contribution is -0.220. The molecule has 1 saturated carbocycles. The lowest BCUT2D eigenvalue weighted by atomic mass is 9.85. The van der Waals surface area contributed by atoms with Gasteiger partial charge in [-0.3, -0.25) is 18.6 Å². The van der Waals surface area contributed by atoms with Crippen molar-refractivity contribution in [1.29, 1.82) is 0 Å². The molecule has 0 aromatic rings. The third kappa shape index (κ3) is 31.9. The number of ether oxygens (including phenoxy) is 2. The van der Waals surface area contributed by atoms with Crippen molar-refractivity contribution in [2.24, 2.45) is 0 Å². The number of unbranched alkanes of at least 4 members (excludes halogenated alkanes) is 12. The second-order valence-electron chi connectivity index (χ2n) is 16.8. The zero-order valence-electron chi connectivity index (χ0n) is 39.8. The van der Waals surface area contributed by atoms with Gasteiger partial charge in [0, 0.05) is 12.8 Å². The van der Waals surface area contributed by atoms with Crippen LogP contribution in [0.1, 0.15) is 162 Å². The van der Waals surface area contributed by atoms with Gasteiger partial charge in [0.1, 0.15) is 43.2 Å². The van der Waals surface area contributed by atoms with Crippen LogP contribution in [-0.2, 0) is 32.7 Å². The van der Waals surface area contributed by atoms with Gasteiger partial charge < -0.3 is 45.0 Å². The van der Waals surface area contributed by atoms with Crippen LogP contribution >= 0.6 is 7.82 Å². The van der Waals surface area contributed by atoms with Gasteiger partial charge in [0.2, 0.25) is 0 Å². The maximum absolute atomic E-state index is 12.8. The van der Waals surface area contributed by atoms with Gasteiger partial charge >= 0.3 is 19.8 Å². The van der Waals surface area contributed by atoms with Gasteiger partial charge in [-0.15, -0.1) is 0 Å². The van der Waals surface area contributed by atoms with Crippen LogP contribution in [0.25, 0.3) is 0 Å². The van der Waals surface area contributed by atoms with Crippen molar-refractivity contribution in [3.05, 3.63) is 85.1 Å². The van der Waals surface area contributed by atoms with Crippen molar-refractivity contribution in [2.45, 2.75) is 210 Å². The van der Waals surface area contributed by atoms with Gasteiger partial charge in [-0.05, 0) is 77.0 Å². The number of carbonyl (C=O) groups excluding carboxylic acids is 2. The van der Waals surface area contributed by atoms with E-state index in [9.17, 15) is 49.7 Å². The zero-order valence-corrected chi connectivity index (χ0v) is 40.7. The Morgan fingerprint density at radius 3 is 1.62 bits per heavy atom. The summed E-state index contributed by atoms with van der Waals surface area (Å²) in [6.45, 7) is 3.00. The van der Waals surface area contributed by atoms with E-state index in [4.69, 9.17) is 18.5 Å². The minimum absolute atomic E-state index is 0.0365. The molecule has 378 valence electrons. The fourth-order valence-electron chi connectivity index (χ4n) is 6.87. The summed E-state index contributed by atoms with van der Waals surface area (Å²) in [5.41, 5.74) is 0. The SMILES string of the molecule is CC/C=C\C/C=C\C/C=C\C/C=C\CCCCCCCCC(=O)O[C@H](COC(=O)CCCC(O)/C=C/C=C/C/C=C/CCCCCCCC)COP(=O)(O)OC1[C@H](O)[C@H](O)C(O)[C@H](O)[C@H]1O. The number of phosphoric acid groups is 1. The monoisotopic (exact) mass is 953 g/mol. The van der Waals surface area contributed by atoms with Crippen molar-refractivity contribution in [2.75, 3.05) is 13.2 Å². The fourth-order valence-corrected chi connectivity index (χ4v) is 7.85. The maximum Gasteiger partial charge on any atom is 0.472 e. The molecule has 1 aliphatic rings. The van der Waals surface area contributed by atoms with Crippen LogP contribution in [-0.4, -0.2) is 110 Å². The molecule has 9 atom stereocenters. The Kier molecular flexibility index (Phi) is 36.9. The third-order valence-electron chi connectivity index (χ3n) is 10.8. The molecule has 0 saturated heterocycles. The van der Waals surface area contributed by atoms with Gasteiger partial charge in [0.15, 0.2) is 6.10 Å². The first-order chi connectivity index (χ1) is 31.8. The van der Waals surface area contributed by atoms with Crippen molar-refractivity contribution in [3.8, 4) is 0 Å². The van der Waals surface area contributed by atoms with E-state index in [0.717, 1.165) is 77.0 Å². The number of esters is 2. The molecule has 15 heteroatoms. The van der Waals surface area contributed by atoms with Gasteiger partial charge in [-0.25, -0.2) is 4.57 Å². The van der Waals surface area contributed by atoms with Gasteiger partial charge in [0.05, 0.1) is 12.7 Å². The summed E-state index contributed by atoms with van der Waals surface area (Å²) in [7, 11) is -5.17. The second kappa shape index (κ2) is 39.9. The van der Waals surface area contributed by atoms with Crippen LogP contribution < -0.4 is 0 Å². The van der Waals surface area contributed by atoms with E-state index in [1.807, 2.05) is 12.2 Å². The molecule has 0 bridgehead atoms. The molecule has 0 heterocycles. The number of aliphatic hydroxyl groups excluding tert-OH is 6. The standard InChI is InChI=1S/C51H85O14P/c1-3-5-7-9-11-13-15-17-18-19-20-21-22-24-26-28-30-32-34-38-45(54)64-43(41-63-66(60,61)65-51-49(58)47(56)46(55)48(57)50(51)59)40-62-44(53)39-35-37-42(52)36-33-31-29-27-25-23-16-14-12-10-8-6-4-2/h5,7,11,13,17-18,20-21,23,25,29,31,33,36,42-43,46-52,55-59H,3-4,6,8-10,12,14-16,19,22,24,26-28,30,32,34-35,37-41H2,1-2H3,(H,60,61)/b7-5-,13-11-,18-17-,21-20-,25-23+,31-29+,36-33+/t42?,43-,46?,47-,48+,49-,50-,51?/m1/s1. The van der Waals surface area contributed by atoms with Crippen LogP contribution in [0.3, 0.4) is 0 Å². The number of carbonyl (C=O) groups is 2. The molecule has 1 fully saturated rings. The summed E-state index contributed by atoms with van der Waals surface area (Å²) in [6, 6.07) is 0. The van der Waals surface area contributed by atoms with Crippen molar-refractivity contribution >= 4 is 19.8 Å². The number of allylic oxidation sites excluding steroid dienone is 13. The summed E-state index contributed by atoms with van der Waals surface area (Å²) < 4.78 is 33.4. The van der Waals surface area contributed by atoms with Crippen LogP contribution in [0.4, 0.5) is 0 Å². The van der Waals surface area contributed by atoms with Gasteiger partial charge in [-0.1, -0.05) is 157 Å². The zero-order chi connectivity index (χ0) is 48.7. The number of hydrogen-bond acceptors (Lipinski definition) is 13. The van der Waals surface area contributed by atoms with Crippen LogP contribution in [0, 0.1) is 0 Å². The lowest BCUT2D eigenvalue weighted by Crippen LogP contribution is -2.64. The predicted octanol–water partition coefficient (Wildman–Crippen LogP) is 9.03. The average molecular weight is 953 g/mol. The minimum atomic E-state index is -5.17. The molecular weight excluding hydrogens is 868 g/mol. The molecule has 0 aromatic carbocycles. The highest BCUT2D eigenvalue weighted by Crippen LogP contribution is 2.47. The smallest absolute Gasteiger partial charge is 0.462 e. The highest BCUT2D eigenvalue weighted by atomic mass is 31.2. The highest BCUT2D eigenvalue weighted by molar-refractivity contribution is 7.47. The van der Waals surface area contributed by atoms with Crippen molar-refractivity contribution < 1.29 is 68.2 Å². The molecular formula is C51H85O14P. The van der Waals surface area contributed by atoms with Gasteiger partial charge in [-0.2, -0.15) is 0 Å². The Labute approximate surface area is 395 Å². The normalized spacial score (nSPS) is 22.5. The molecule has 0 spiro atoms. The Morgan fingerprint density at radius 2 is 1.05 bits per heavy atom. The van der Waals surface area contributed by atoms with Crippen LogP contribution in [0.15, 0.2) is 85.1 Å².